The predicted octanol–water partition coefficient (Wildman–Crippen LogP) is 1.96. The molecule has 0 saturated carbocycles. The van der Waals surface area contributed by atoms with Crippen LogP contribution in [0.5, 0.6) is 0 Å². The zero-order valence-electron chi connectivity index (χ0n) is 12.9. The Balaban J connectivity index is 1.87. The lowest BCUT2D eigenvalue weighted by atomic mass is 10.1. The van der Waals surface area contributed by atoms with E-state index in [4.69, 9.17) is 0 Å². The van der Waals surface area contributed by atoms with Crippen LogP contribution in [-0.2, 0) is 11.3 Å². The number of quaternary nitrogens is 1. The molecule has 1 unspecified atom stereocenters. The lowest BCUT2D eigenvalue weighted by Crippen LogP contribution is -3.08. The molecule has 0 saturated heterocycles. The number of rotatable bonds is 5. The molecule has 2 N–H and O–H groups in total. The molecule has 0 aliphatic carbocycles. The first-order valence-electron chi connectivity index (χ1n) is 7.27. The SMILES string of the molecule is Cc1ccc(NC(=O)C[NH+](C)Cc2ccccc2)cc1C. The van der Waals surface area contributed by atoms with Gasteiger partial charge in [-0.1, -0.05) is 36.4 Å². The molecule has 0 aliphatic heterocycles. The zero-order valence-corrected chi connectivity index (χ0v) is 12.9. The van der Waals surface area contributed by atoms with Gasteiger partial charge < -0.3 is 10.2 Å². The minimum Gasteiger partial charge on any atom is -0.326 e. The Morgan fingerprint density at radius 2 is 1.76 bits per heavy atom. The summed E-state index contributed by atoms with van der Waals surface area (Å²) in [6.45, 7) is 5.43. The Bertz CT molecular complexity index is 608. The lowest BCUT2D eigenvalue weighted by molar-refractivity contribution is -0.885. The molecule has 0 fully saturated rings. The normalized spacial score (nSPS) is 12.0. The molecule has 3 nitrogen and oxygen atoms in total. The van der Waals surface area contributed by atoms with E-state index in [-0.39, 0.29) is 5.91 Å². The molecule has 0 aromatic heterocycles. The second-order valence-corrected chi connectivity index (χ2v) is 5.64. The van der Waals surface area contributed by atoms with Gasteiger partial charge in [-0.2, -0.15) is 0 Å². The minimum absolute atomic E-state index is 0.0479. The van der Waals surface area contributed by atoms with Crippen molar-refractivity contribution in [3.8, 4) is 0 Å². The summed E-state index contributed by atoms with van der Waals surface area (Å²) in [5.41, 5.74) is 4.54. The quantitative estimate of drug-likeness (QED) is 0.864. The van der Waals surface area contributed by atoms with Crippen LogP contribution >= 0.6 is 0 Å². The molecule has 2 aromatic carbocycles. The molecular weight excluding hydrogens is 260 g/mol. The van der Waals surface area contributed by atoms with E-state index in [2.05, 4.69) is 31.3 Å². The average Bonchev–Trinajstić information content (AvgIpc) is 2.43. The van der Waals surface area contributed by atoms with E-state index in [0.717, 1.165) is 12.2 Å². The van der Waals surface area contributed by atoms with Gasteiger partial charge in [-0.15, -0.1) is 0 Å². The highest BCUT2D eigenvalue weighted by atomic mass is 16.2. The Labute approximate surface area is 126 Å². The van der Waals surface area contributed by atoms with Crippen LogP contribution in [0.25, 0.3) is 0 Å². The van der Waals surface area contributed by atoms with Crippen molar-refractivity contribution >= 4 is 11.6 Å². The highest BCUT2D eigenvalue weighted by Gasteiger charge is 2.11. The van der Waals surface area contributed by atoms with Crippen molar-refractivity contribution < 1.29 is 9.69 Å². The molecule has 2 aromatic rings. The topological polar surface area (TPSA) is 33.5 Å². The summed E-state index contributed by atoms with van der Waals surface area (Å²) in [5, 5.41) is 2.97. The van der Waals surface area contributed by atoms with Crippen molar-refractivity contribution in [2.75, 3.05) is 18.9 Å². The number of nitrogens with one attached hydrogen (secondary N) is 2. The van der Waals surface area contributed by atoms with Crippen molar-refractivity contribution in [1.29, 1.82) is 0 Å². The molecule has 0 spiro atoms. The minimum atomic E-state index is 0.0479. The molecular formula is C18H23N2O+. The summed E-state index contributed by atoms with van der Waals surface area (Å²) >= 11 is 0. The van der Waals surface area contributed by atoms with Crippen molar-refractivity contribution in [3.05, 3.63) is 65.2 Å². The maximum absolute atomic E-state index is 12.1. The van der Waals surface area contributed by atoms with Crippen LogP contribution in [0.3, 0.4) is 0 Å². The van der Waals surface area contributed by atoms with E-state index in [0.29, 0.717) is 6.54 Å². The summed E-state index contributed by atoms with van der Waals surface area (Å²) < 4.78 is 0. The standard InChI is InChI=1S/C18H22N2O/c1-14-9-10-17(11-15(14)2)19-18(21)13-20(3)12-16-7-5-4-6-8-16/h4-11H,12-13H2,1-3H3,(H,19,21)/p+1. The fourth-order valence-corrected chi connectivity index (χ4v) is 2.31. The molecule has 0 aliphatic rings. The number of benzene rings is 2. The van der Waals surface area contributed by atoms with E-state index in [1.165, 1.54) is 21.6 Å². The van der Waals surface area contributed by atoms with Gasteiger partial charge in [-0.3, -0.25) is 4.79 Å². The number of anilines is 1. The van der Waals surface area contributed by atoms with Gasteiger partial charge in [-0.25, -0.2) is 0 Å². The van der Waals surface area contributed by atoms with Crippen LogP contribution in [0.1, 0.15) is 16.7 Å². The monoisotopic (exact) mass is 283 g/mol. The number of hydrogen-bond donors (Lipinski definition) is 2. The second-order valence-electron chi connectivity index (χ2n) is 5.64. The third-order valence-corrected chi connectivity index (χ3v) is 3.60. The summed E-state index contributed by atoms with van der Waals surface area (Å²) in [7, 11) is 2.03. The lowest BCUT2D eigenvalue weighted by Gasteiger charge is -2.14. The number of carbonyl (C=O) groups is 1. The number of hydrogen-bond acceptors (Lipinski definition) is 1. The third-order valence-electron chi connectivity index (χ3n) is 3.60. The van der Waals surface area contributed by atoms with Crippen LogP contribution in [0, 0.1) is 13.8 Å². The summed E-state index contributed by atoms with van der Waals surface area (Å²) in [6.07, 6.45) is 0. The van der Waals surface area contributed by atoms with Crippen molar-refractivity contribution in [2.45, 2.75) is 20.4 Å². The molecule has 0 bridgehead atoms. The van der Waals surface area contributed by atoms with E-state index >= 15 is 0 Å². The van der Waals surface area contributed by atoms with Crippen molar-refractivity contribution in [2.24, 2.45) is 0 Å². The molecule has 21 heavy (non-hydrogen) atoms. The molecule has 3 heteroatoms. The highest BCUT2D eigenvalue weighted by Crippen LogP contribution is 2.13. The fourth-order valence-electron chi connectivity index (χ4n) is 2.31. The third kappa shape index (κ3) is 4.72. The van der Waals surface area contributed by atoms with Gasteiger partial charge in [0.2, 0.25) is 0 Å². The van der Waals surface area contributed by atoms with E-state index in [9.17, 15) is 4.79 Å². The Hall–Kier alpha value is -2.13. The van der Waals surface area contributed by atoms with E-state index in [1.54, 1.807) is 0 Å². The molecule has 2 rings (SSSR count). The predicted molar refractivity (Wildman–Crippen MR) is 86.4 cm³/mol. The van der Waals surface area contributed by atoms with Gasteiger partial charge in [0.25, 0.3) is 5.91 Å². The Kier molecular flexibility index (Phi) is 5.12. The summed E-state index contributed by atoms with van der Waals surface area (Å²) in [5.74, 6) is 0.0479. The van der Waals surface area contributed by atoms with Crippen LogP contribution in [-0.4, -0.2) is 19.5 Å². The van der Waals surface area contributed by atoms with Crippen molar-refractivity contribution in [1.82, 2.24) is 0 Å². The van der Waals surface area contributed by atoms with Crippen LogP contribution in [0.2, 0.25) is 0 Å². The first-order chi connectivity index (χ1) is 10.0. The second kappa shape index (κ2) is 7.04. The average molecular weight is 283 g/mol. The number of carbonyl (C=O) groups excluding carboxylic acids is 1. The van der Waals surface area contributed by atoms with Crippen LogP contribution in [0.15, 0.2) is 48.5 Å². The molecule has 110 valence electrons. The molecule has 1 amide bonds. The van der Waals surface area contributed by atoms with E-state index < -0.39 is 0 Å². The fraction of sp³-hybridized carbons (Fsp3) is 0.278. The van der Waals surface area contributed by atoms with Crippen molar-refractivity contribution in [3.63, 3.8) is 0 Å². The molecule has 1 atom stereocenters. The first kappa shape index (κ1) is 15.3. The summed E-state index contributed by atoms with van der Waals surface area (Å²) in [6, 6.07) is 16.2. The number of likely N-dealkylation sites (N-methyl/N-ethyl adjacent to an activating group) is 1. The molecule has 0 heterocycles. The van der Waals surface area contributed by atoms with Gasteiger partial charge in [0, 0.05) is 11.3 Å². The van der Waals surface area contributed by atoms with Gasteiger partial charge in [0.1, 0.15) is 6.54 Å². The van der Waals surface area contributed by atoms with Gasteiger partial charge >= 0.3 is 0 Å². The molecule has 0 radical (unpaired) electrons. The summed E-state index contributed by atoms with van der Waals surface area (Å²) in [4.78, 5) is 13.2. The van der Waals surface area contributed by atoms with Gasteiger partial charge in [-0.05, 0) is 37.1 Å². The largest absolute Gasteiger partial charge is 0.326 e. The Morgan fingerprint density at radius 3 is 2.43 bits per heavy atom. The smallest absolute Gasteiger partial charge is 0.279 e. The number of amides is 1. The van der Waals surface area contributed by atoms with Gasteiger partial charge in [0.05, 0.1) is 7.05 Å². The zero-order chi connectivity index (χ0) is 15.2. The van der Waals surface area contributed by atoms with E-state index in [1.807, 2.05) is 43.4 Å². The first-order valence-corrected chi connectivity index (χ1v) is 7.27. The number of aryl methyl sites for hydroxylation is 2. The maximum atomic E-state index is 12.1. The highest BCUT2D eigenvalue weighted by molar-refractivity contribution is 5.91. The maximum Gasteiger partial charge on any atom is 0.279 e. The Morgan fingerprint density at radius 1 is 1.05 bits per heavy atom. The van der Waals surface area contributed by atoms with Crippen LogP contribution in [0.4, 0.5) is 5.69 Å². The van der Waals surface area contributed by atoms with Crippen LogP contribution < -0.4 is 10.2 Å². The van der Waals surface area contributed by atoms with Gasteiger partial charge in [0.15, 0.2) is 6.54 Å².